The first kappa shape index (κ1) is 13.0. The second-order valence-corrected chi connectivity index (χ2v) is 3.95. The molecule has 0 fully saturated rings. The Hall–Kier alpha value is -2.04. The van der Waals surface area contributed by atoms with Crippen molar-refractivity contribution in [2.45, 2.75) is 26.4 Å². The van der Waals surface area contributed by atoms with Crippen molar-refractivity contribution in [3.05, 3.63) is 35.4 Å². The van der Waals surface area contributed by atoms with Gasteiger partial charge < -0.3 is 10.5 Å². The lowest BCUT2D eigenvalue weighted by atomic mass is 10.0. The molecule has 0 bridgehead atoms. The number of carbonyl (C=O) groups is 1. The second-order valence-electron chi connectivity index (χ2n) is 3.95. The van der Waals surface area contributed by atoms with Crippen LogP contribution in [0.25, 0.3) is 0 Å². The standard InChI is InChI=1S/C12H16N3O2/c1-8(2)10-5-3-4-9(6-10)7-17-12(16)15-11(13)14/h3-6,8H,7H2,1-2H3,(H3,13,14). The van der Waals surface area contributed by atoms with E-state index in [1.54, 1.807) is 0 Å². The van der Waals surface area contributed by atoms with Crippen molar-refractivity contribution in [3.8, 4) is 0 Å². The number of nitrogens with one attached hydrogen (secondary N) is 1. The highest BCUT2D eigenvalue weighted by molar-refractivity contribution is 5.90. The van der Waals surface area contributed by atoms with E-state index in [1.165, 1.54) is 5.56 Å². The van der Waals surface area contributed by atoms with E-state index in [9.17, 15) is 4.79 Å². The van der Waals surface area contributed by atoms with E-state index in [0.29, 0.717) is 5.92 Å². The van der Waals surface area contributed by atoms with Gasteiger partial charge in [-0.2, -0.15) is 0 Å². The molecule has 0 saturated heterocycles. The molecule has 0 atom stereocenters. The molecule has 5 heteroatoms. The van der Waals surface area contributed by atoms with Crippen molar-refractivity contribution >= 4 is 12.1 Å². The SMILES string of the molecule is CC(C)c1cccc(COC(=O)[N]C(=N)N)c1. The van der Waals surface area contributed by atoms with Crippen LogP contribution in [-0.4, -0.2) is 12.1 Å². The van der Waals surface area contributed by atoms with Gasteiger partial charge in [-0.15, -0.1) is 5.32 Å². The maximum absolute atomic E-state index is 11.0. The summed E-state index contributed by atoms with van der Waals surface area (Å²) in [5.41, 5.74) is 7.02. The molecule has 0 aliphatic carbocycles. The maximum Gasteiger partial charge on any atom is 0.437 e. The highest BCUT2D eigenvalue weighted by Crippen LogP contribution is 2.15. The van der Waals surface area contributed by atoms with Crippen molar-refractivity contribution < 1.29 is 9.53 Å². The molecule has 5 nitrogen and oxygen atoms in total. The van der Waals surface area contributed by atoms with Crippen LogP contribution in [0.2, 0.25) is 0 Å². The Morgan fingerprint density at radius 2 is 2.24 bits per heavy atom. The van der Waals surface area contributed by atoms with Gasteiger partial charge in [-0.05, 0) is 17.0 Å². The number of nitrogens with zero attached hydrogens (tertiary/aromatic N) is 1. The van der Waals surface area contributed by atoms with Crippen LogP contribution in [0.1, 0.15) is 30.9 Å². The third-order valence-electron chi connectivity index (χ3n) is 2.19. The molecule has 1 radical (unpaired) electrons. The van der Waals surface area contributed by atoms with Crippen LogP contribution in [0.4, 0.5) is 4.79 Å². The van der Waals surface area contributed by atoms with Crippen molar-refractivity contribution in [2.75, 3.05) is 0 Å². The highest BCUT2D eigenvalue weighted by atomic mass is 16.5. The largest absolute Gasteiger partial charge is 0.443 e. The molecule has 0 aliphatic heterocycles. The van der Waals surface area contributed by atoms with Gasteiger partial charge in [-0.25, -0.2) is 4.79 Å². The quantitative estimate of drug-likeness (QED) is 0.618. The van der Waals surface area contributed by atoms with Gasteiger partial charge in [-0.3, -0.25) is 5.41 Å². The van der Waals surface area contributed by atoms with E-state index in [2.05, 4.69) is 19.2 Å². The van der Waals surface area contributed by atoms with Crippen LogP contribution in [-0.2, 0) is 11.3 Å². The van der Waals surface area contributed by atoms with Crippen LogP contribution in [0.5, 0.6) is 0 Å². The lowest BCUT2D eigenvalue weighted by Gasteiger charge is -2.08. The first-order valence-corrected chi connectivity index (χ1v) is 5.30. The summed E-state index contributed by atoms with van der Waals surface area (Å²) in [7, 11) is 0. The lowest BCUT2D eigenvalue weighted by molar-refractivity contribution is 0.144. The fraction of sp³-hybridized carbons (Fsp3) is 0.333. The molecule has 1 amide bonds. The molecule has 1 rings (SSSR count). The minimum absolute atomic E-state index is 0.135. The van der Waals surface area contributed by atoms with E-state index in [4.69, 9.17) is 15.9 Å². The number of hydrogen-bond acceptors (Lipinski definition) is 3. The molecule has 1 aromatic rings. The van der Waals surface area contributed by atoms with Gasteiger partial charge in [0.15, 0.2) is 0 Å². The fourth-order valence-electron chi connectivity index (χ4n) is 1.32. The van der Waals surface area contributed by atoms with Crippen LogP contribution >= 0.6 is 0 Å². The molecule has 0 heterocycles. The number of nitrogens with two attached hydrogens (primary N) is 1. The van der Waals surface area contributed by atoms with Gasteiger partial charge in [0.25, 0.3) is 0 Å². The molecular formula is C12H16N3O2. The van der Waals surface area contributed by atoms with Gasteiger partial charge in [0, 0.05) is 0 Å². The maximum atomic E-state index is 11.0. The molecule has 0 saturated carbocycles. The van der Waals surface area contributed by atoms with Crippen LogP contribution in [0, 0.1) is 5.41 Å². The third-order valence-corrected chi connectivity index (χ3v) is 2.19. The topological polar surface area (TPSA) is 90.3 Å². The summed E-state index contributed by atoms with van der Waals surface area (Å²) in [5, 5.41) is 9.96. The van der Waals surface area contributed by atoms with E-state index in [0.717, 1.165) is 5.56 Å². The molecule has 0 aromatic heterocycles. The molecule has 1 aromatic carbocycles. The van der Waals surface area contributed by atoms with E-state index in [-0.39, 0.29) is 6.61 Å². The Kier molecular flexibility index (Phi) is 4.51. The highest BCUT2D eigenvalue weighted by Gasteiger charge is 2.06. The van der Waals surface area contributed by atoms with Gasteiger partial charge in [0.1, 0.15) is 6.61 Å². The summed E-state index contributed by atoms with van der Waals surface area (Å²) in [5.74, 6) is -0.126. The summed E-state index contributed by atoms with van der Waals surface area (Å²) in [6, 6.07) is 7.79. The Bertz CT molecular complexity index is 416. The van der Waals surface area contributed by atoms with Gasteiger partial charge >= 0.3 is 6.09 Å². The first-order chi connectivity index (χ1) is 7.99. The number of hydrogen-bond donors (Lipinski definition) is 2. The zero-order valence-corrected chi connectivity index (χ0v) is 9.93. The number of benzene rings is 1. The summed E-state index contributed by atoms with van der Waals surface area (Å²) in [6.07, 6.45) is -0.840. The predicted octanol–water partition coefficient (Wildman–Crippen LogP) is 1.94. The minimum atomic E-state index is -0.840. The van der Waals surface area contributed by atoms with Crippen molar-refractivity contribution in [1.29, 1.82) is 5.41 Å². The summed E-state index contributed by atoms with van der Waals surface area (Å²) in [4.78, 5) is 11.0. The Morgan fingerprint density at radius 1 is 1.53 bits per heavy atom. The van der Waals surface area contributed by atoms with E-state index < -0.39 is 12.1 Å². The molecule has 0 aliphatic rings. The lowest BCUT2D eigenvalue weighted by Crippen LogP contribution is -2.29. The zero-order chi connectivity index (χ0) is 12.8. The Balaban J connectivity index is 2.54. The van der Waals surface area contributed by atoms with Crippen LogP contribution < -0.4 is 11.1 Å². The number of carbonyl (C=O) groups excluding carboxylic acids is 1. The van der Waals surface area contributed by atoms with Crippen LogP contribution in [0.3, 0.4) is 0 Å². The Labute approximate surface area is 100 Å². The zero-order valence-electron chi connectivity index (χ0n) is 9.93. The number of rotatable bonds is 3. The van der Waals surface area contributed by atoms with Crippen molar-refractivity contribution in [2.24, 2.45) is 5.73 Å². The van der Waals surface area contributed by atoms with Crippen LogP contribution in [0.15, 0.2) is 24.3 Å². The van der Waals surface area contributed by atoms with Gasteiger partial charge in [0.2, 0.25) is 5.96 Å². The minimum Gasteiger partial charge on any atom is -0.443 e. The number of guanidine groups is 1. The summed E-state index contributed by atoms with van der Waals surface area (Å²) < 4.78 is 4.85. The molecule has 0 spiro atoms. The van der Waals surface area contributed by atoms with Gasteiger partial charge in [0.05, 0.1) is 0 Å². The molecule has 17 heavy (non-hydrogen) atoms. The molecule has 3 N–H and O–H groups in total. The average molecular weight is 234 g/mol. The van der Waals surface area contributed by atoms with Gasteiger partial charge in [-0.1, -0.05) is 38.1 Å². The molecular weight excluding hydrogens is 218 g/mol. The smallest absolute Gasteiger partial charge is 0.437 e. The molecule has 0 unspecified atom stereocenters. The second kappa shape index (κ2) is 5.89. The number of ether oxygens (including phenoxy) is 1. The first-order valence-electron chi connectivity index (χ1n) is 5.30. The normalized spacial score (nSPS) is 10.1. The predicted molar refractivity (Wildman–Crippen MR) is 64.8 cm³/mol. The van der Waals surface area contributed by atoms with E-state index in [1.807, 2.05) is 24.3 Å². The average Bonchev–Trinajstić information content (AvgIpc) is 2.26. The third kappa shape index (κ3) is 4.55. The fourth-order valence-corrected chi connectivity index (χ4v) is 1.32. The Morgan fingerprint density at radius 3 is 2.82 bits per heavy atom. The number of amides is 1. The monoisotopic (exact) mass is 234 g/mol. The summed E-state index contributed by atoms with van der Waals surface area (Å²) >= 11 is 0. The van der Waals surface area contributed by atoms with Crippen molar-refractivity contribution in [3.63, 3.8) is 0 Å². The summed E-state index contributed by atoms with van der Waals surface area (Å²) in [6.45, 7) is 4.32. The van der Waals surface area contributed by atoms with Crippen molar-refractivity contribution in [1.82, 2.24) is 5.32 Å². The molecule has 91 valence electrons. The van der Waals surface area contributed by atoms with E-state index >= 15 is 0 Å².